The van der Waals surface area contributed by atoms with Crippen molar-refractivity contribution in [3.63, 3.8) is 0 Å². The SMILES string of the molecule is CCOc1cc(OCC)c2c(=O)c(OCC)c(-c3ccc(OC)c(OCC)c3)oc2c1. The van der Waals surface area contributed by atoms with Crippen LogP contribution < -0.4 is 29.1 Å². The molecule has 0 spiro atoms. The molecule has 2 aromatic carbocycles. The Bertz CT molecular complexity index is 1100. The highest BCUT2D eigenvalue weighted by molar-refractivity contribution is 5.88. The monoisotopic (exact) mass is 428 g/mol. The molecule has 0 bridgehead atoms. The average molecular weight is 428 g/mol. The molecule has 7 nitrogen and oxygen atoms in total. The molecule has 1 heterocycles. The van der Waals surface area contributed by atoms with Crippen molar-refractivity contribution < 1.29 is 28.1 Å². The Kier molecular flexibility index (Phi) is 7.28. The van der Waals surface area contributed by atoms with Crippen LogP contribution in [0.3, 0.4) is 0 Å². The minimum absolute atomic E-state index is 0.118. The van der Waals surface area contributed by atoms with Gasteiger partial charge in [-0.25, -0.2) is 0 Å². The molecule has 0 amide bonds. The van der Waals surface area contributed by atoms with Crippen molar-refractivity contribution in [2.45, 2.75) is 27.7 Å². The zero-order valence-corrected chi connectivity index (χ0v) is 18.6. The molecule has 0 radical (unpaired) electrons. The largest absolute Gasteiger partial charge is 0.494 e. The van der Waals surface area contributed by atoms with Crippen molar-refractivity contribution in [1.29, 1.82) is 0 Å². The molecular formula is C24H28O7. The summed E-state index contributed by atoms with van der Waals surface area (Å²) in [5.74, 6) is 2.51. The van der Waals surface area contributed by atoms with Crippen LogP contribution in [-0.4, -0.2) is 33.5 Å². The van der Waals surface area contributed by atoms with E-state index in [0.717, 1.165) is 0 Å². The van der Waals surface area contributed by atoms with Gasteiger partial charge in [0, 0.05) is 17.7 Å². The first-order valence-electron chi connectivity index (χ1n) is 10.4. The number of rotatable bonds is 10. The van der Waals surface area contributed by atoms with Gasteiger partial charge in [-0.3, -0.25) is 4.79 Å². The van der Waals surface area contributed by atoms with Crippen LogP contribution in [0.2, 0.25) is 0 Å². The predicted octanol–water partition coefficient (Wildman–Crippen LogP) is 5.06. The van der Waals surface area contributed by atoms with Crippen LogP contribution in [0.4, 0.5) is 0 Å². The second-order valence-corrected chi connectivity index (χ2v) is 6.48. The van der Waals surface area contributed by atoms with Gasteiger partial charge in [0.1, 0.15) is 22.5 Å². The van der Waals surface area contributed by atoms with Crippen LogP contribution in [0.1, 0.15) is 27.7 Å². The van der Waals surface area contributed by atoms with Crippen LogP contribution in [0.5, 0.6) is 28.7 Å². The summed E-state index contributed by atoms with van der Waals surface area (Å²) in [6, 6.07) is 8.72. The summed E-state index contributed by atoms with van der Waals surface area (Å²) in [4.78, 5) is 13.4. The summed E-state index contributed by atoms with van der Waals surface area (Å²) in [5.41, 5.74) is 0.677. The highest BCUT2D eigenvalue weighted by Gasteiger charge is 2.22. The normalized spacial score (nSPS) is 10.7. The molecule has 0 unspecified atom stereocenters. The van der Waals surface area contributed by atoms with Crippen LogP contribution in [-0.2, 0) is 0 Å². The standard InChI is InChI=1S/C24H28O7/c1-6-27-16-13-19(29-8-3)21-20(14-16)31-23(24(22(21)25)30-9-4)15-10-11-17(26-5)18(12-15)28-7-2/h10-14H,6-9H2,1-5H3. The molecule has 0 N–H and O–H groups in total. The number of fused-ring (bicyclic) bond motifs is 1. The van der Waals surface area contributed by atoms with Gasteiger partial charge in [-0.1, -0.05) is 0 Å². The first kappa shape index (κ1) is 22.3. The number of ether oxygens (including phenoxy) is 5. The van der Waals surface area contributed by atoms with Crippen LogP contribution in [0.15, 0.2) is 39.5 Å². The minimum Gasteiger partial charge on any atom is -0.494 e. The Hall–Kier alpha value is -3.35. The number of hydrogen-bond donors (Lipinski definition) is 0. The van der Waals surface area contributed by atoms with Gasteiger partial charge in [-0.05, 0) is 45.9 Å². The molecular weight excluding hydrogens is 400 g/mol. The first-order valence-corrected chi connectivity index (χ1v) is 10.4. The van der Waals surface area contributed by atoms with Crippen molar-refractivity contribution in [3.8, 4) is 40.1 Å². The molecule has 0 saturated heterocycles. The lowest BCUT2D eigenvalue weighted by Crippen LogP contribution is -2.11. The zero-order valence-electron chi connectivity index (χ0n) is 18.6. The fourth-order valence-electron chi connectivity index (χ4n) is 3.31. The molecule has 0 aliphatic rings. The fraction of sp³-hybridized carbons (Fsp3) is 0.375. The number of hydrogen-bond acceptors (Lipinski definition) is 7. The second kappa shape index (κ2) is 10.1. The molecule has 1 aromatic heterocycles. The molecule has 0 fully saturated rings. The summed E-state index contributed by atoms with van der Waals surface area (Å²) < 4.78 is 34.3. The third kappa shape index (κ3) is 4.55. The number of methoxy groups -OCH3 is 1. The third-order valence-corrected chi connectivity index (χ3v) is 4.52. The maximum Gasteiger partial charge on any atom is 0.239 e. The highest BCUT2D eigenvalue weighted by atomic mass is 16.5. The van der Waals surface area contributed by atoms with Crippen molar-refractivity contribution in [1.82, 2.24) is 0 Å². The molecule has 0 atom stereocenters. The molecule has 0 saturated carbocycles. The maximum atomic E-state index is 13.4. The number of benzene rings is 2. The molecule has 31 heavy (non-hydrogen) atoms. The Morgan fingerprint density at radius 1 is 0.774 bits per heavy atom. The van der Waals surface area contributed by atoms with E-state index in [4.69, 9.17) is 28.1 Å². The smallest absolute Gasteiger partial charge is 0.239 e. The summed E-state index contributed by atoms with van der Waals surface area (Å²) in [5, 5.41) is 0.316. The van der Waals surface area contributed by atoms with Gasteiger partial charge in [0.05, 0.1) is 33.5 Å². The summed E-state index contributed by atoms with van der Waals surface area (Å²) >= 11 is 0. The van der Waals surface area contributed by atoms with Crippen molar-refractivity contribution in [2.75, 3.05) is 33.5 Å². The van der Waals surface area contributed by atoms with E-state index < -0.39 is 0 Å². The van der Waals surface area contributed by atoms with E-state index in [2.05, 4.69) is 0 Å². The summed E-state index contributed by atoms with van der Waals surface area (Å²) in [7, 11) is 1.57. The zero-order chi connectivity index (χ0) is 22.4. The average Bonchev–Trinajstić information content (AvgIpc) is 2.76. The fourth-order valence-corrected chi connectivity index (χ4v) is 3.31. The molecule has 0 aliphatic heterocycles. The third-order valence-electron chi connectivity index (χ3n) is 4.52. The van der Waals surface area contributed by atoms with Gasteiger partial charge in [-0.15, -0.1) is 0 Å². The van der Waals surface area contributed by atoms with E-state index in [1.54, 1.807) is 37.4 Å². The molecule has 3 rings (SSSR count). The Morgan fingerprint density at radius 3 is 2.10 bits per heavy atom. The predicted molar refractivity (Wildman–Crippen MR) is 119 cm³/mol. The first-order chi connectivity index (χ1) is 15.1. The lowest BCUT2D eigenvalue weighted by molar-refractivity contribution is 0.310. The quantitative estimate of drug-likeness (QED) is 0.446. The summed E-state index contributed by atoms with van der Waals surface area (Å²) in [6.45, 7) is 9.08. The van der Waals surface area contributed by atoms with Gasteiger partial charge in [0.25, 0.3) is 0 Å². The summed E-state index contributed by atoms with van der Waals surface area (Å²) in [6.07, 6.45) is 0. The van der Waals surface area contributed by atoms with Gasteiger partial charge >= 0.3 is 0 Å². The van der Waals surface area contributed by atoms with Crippen molar-refractivity contribution in [2.24, 2.45) is 0 Å². The van der Waals surface area contributed by atoms with Crippen molar-refractivity contribution >= 4 is 11.0 Å². The second-order valence-electron chi connectivity index (χ2n) is 6.48. The molecule has 166 valence electrons. The van der Waals surface area contributed by atoms with Crippen LogP contribution >= 0.6 is 0 Å². The minimum atomic E-state index is -0.307. The highest BCUT2D eigenvalue weighted by Crippen LogP contribution is 2.39. The lowest BCUT2D eigenvalue weighted by atomic mass is 10.1. The Balaban J connectivity index is 2.31. The Labute approximate surface area is 181 Å². The van der Waals surface area contributed by atoms with E-state index in [1.807, 2.05) is 27.7 Å². The Morgan fingerprint density at radius 2 is 1.45 bits per heavy atom. The van der Waals surface area contributed by atoms with Crippen LogP contribution in [0, 0.1) is 0 Å². The maximum absolute atomic E-state index is 13.4. The molecule has 3 aromatic rings. The van der Waals surface area contributed by atoms with E-state index in [1.165, 1.54) is 0 Å². The van der Waals surface area contributed by atoms with Crippen LogP contribution in [0.25, 0.3) is 22.3 Å². The van der Waals surface area contributed by atoms with Gasteiger partial charge in [-0.2, -0.15) is 0 Å². The van der Waals surface area contributed by atoms with E-state index >= 15 is 0 Å². The van der Waals surface area contributed by atoms with E-state index in [9.17, 15) is 4.79 Å². The van der Waals surface area contributed by atoms with E-state index in [0.29, 0.717) is 71.7 Å². The van der Waals surface area contributed by atoms with Gasteiger partial charge in [0.2, 0.25) is 11.2 Å². The lowest BCUT2D eigenvalue weighted by Gasteiger charge is -2.15. The van der Waals surface area contributed by atoms with Crippen molar-refractivity contribution in [3.05, 3.63) is 40.6 Å². The van der Waals surface area contributed by atoms with E-state index in [-0.39, 0.29) is 11.2 Å². The molecule has 7 heteroatoms. The van der Waals surface area contributed by atoms with Gasteiger partial charge < -0.3 is 28.1 Å². The topological polar surface area (TPSA) is 76.4 Å². The molecule has 0 aliphatic carbocycles. The van der Waals surface area contributed by atoms with Gasteiger partial charge in [0.15, 0.2) is 17.3 Å².